The van der Waals surface area contributed by atoms with Crippen molar-refractivity contribution in [2.24, 2.45) is 4.99 Å². The number of piperidine rings is 1. The van der Waals surface area contributed by atoms with Crippen molar-refractivity contribution < 1.29 is 18.0 Å². The van der Waals surface area contributed by atoms with E-state index in [-0.39, 0.29) is 6.04 Å². The highest BCUT2D eigenvalue weighted by molar-refractivity contribution is 6.16. The number of benzene rings is 1. The first-order valence-electron chi connectivity index (χ1n) is 9.71. The fourth-order valence-corrected chi connectivity index (χ4v) is 4.62. The van der Waals surface area contributed by atoms with Gasteiger partial charge in [-0.2, -0.15) is 4.99 Å². The molecule has 4 rings (SSSR count). The van der Waals surface area contributed by atoms with Gasteiger partial charge in [0.1, 0.15) is 17.2 Å². The van der Waals surface area contributed by atoms with E-state index in [0.717, 1.165) is 0 Å². The van der Waals surface area contributed by atoms with Gasteiger partial charge in [0, 0.05) is 18.3 Å². The van der Waals surface area contributed by atoms with Crippen LogP contribution in [0, 0.1) is 17.7 Å². The molecule has 1 aromatic rings. The average Bonchev–Trinajstić information content (AvgIpc) is 2.90. The normalized spacial score (nSPS) is 28.8. The molecule has 3 aliphatic rings. The van der Waals surface area contributed by atoms with Crippen LogP contribution in [0.1, 0.15) is 26.7 Å². The number of urea groups is 1. The monoisotopic (exact) mass is 404 g/mol. The molecule has 0 bridgehead atoms. The molecule has 3 aliphatic heterocycles. The van der Waals surface area contributed by atoms with Gasteiger partial charge in [0.15, 0.2) is 0 Å². The highest BCUT2D eigenvalue weighted by Crippen LogP contribution is 2.44. The number of likely N-dealkylation sites (tertiary alicyclic amines) is 2. The number of anilines is 1. The number of amides is 2. The fraction of sp³-hybridized carbons (Fsp3) is 0.524. The number of alkyl halides is 2. The summed E-state index contributed by atoms with van der Waals surface area (Å²) in [6, 6.07) is 5.32. The third-order valence-electron chi connectivity index (χ3n) is 5.98. The molecule has 0 unspecified atom stereocenters. The van der Waals surface area contributed by atoms with Gasteiger partial charge in [0.2, 0.25) is 0 Å². The molecular formula is C21H23F3N4O. The number of halogens is 3. The van der Waals surface area contributed by atoms with E-state index in [1.807, 2.05) is 6.92 Å². The average molecular weight is 404 g/mol. The van der Waals surface area contributed by atoms with Crippen molar-refractivity contribution in [3.8, 4) is 11.8 Å². The number of nitrogens with zero attached hydrogens (tertiary/aromatic N) is 4. The summed E-state index contributed by atoms with van der Waals surface area (Å²) in [6.07, 6.45) is 1.04. The highest BCUT2D eigenvalue weighted by atomic mass is 19.3. The molecule has 2 saturated heterocycles. The maximum absolute atomic E-state index is 13.9. The molecule has 0 radical (unpaired) electrons. The van der Waals surface area contributed by atoms with Crippen molar-refractivity contribution in [1.29, 1.82) is 0 Å². The maximum Gasteiger partial charge on any atom is 0.350 e. The van der Waals surface area contributed by atoms with Gasteiger partial charge in [-0.1, -0.05) is 12.0 Å². The molecule has 29 heavy (non-hydrogen) atoms. The summed E-state index contributed by atoms with van der Waals surface area (Å²) in [7, 11) is 0. The summed E-state index contributed by atoms with van der Waals surface area (Å²) in [5.41, 5.74) is -0.466. The van der Waals surface area contributed by atoms with Crippen molar-refractivity contribution in [3.05, 3.63) is 30.1 Å². The molecular weight excluding hydrogens is 381 g/mol. The van der Waals surface area contributed by atoms with E-state index in [9.17, 15) is 18.0 Å². The van der Waals surface area contributed by atoms with Crippen LogP contribution in [0.4, 0.5) is 23.7 Å². The molecule has 1 aromatic carbocycles. The minimum absolute atomic E-state index is 0.0542. The van der Waals surface area contributed by atoms with Crippen LogP contribution in [-0.4, -0.2) is 65.3 Å². The van der Waals surface area contributed by atoms with E-state index in [2.05, 4.69) is 21.7 Å². The van der Waals surface area contributed by atoms with Crippen molar-refractivity contribution in [2.75, 3.05) is 31.1 Å². The van der Waals surface area contributed by atoms with E-state index < -0.39 is 36.4 Å². The number of carbonyl (C=O) groups is 1. The summed E-state index contributed by atoms with van der Waals surface area (Å²) in [5, 5.41) is 0. The predicted molar refractivity (Wildman–Crippen MR) is 105 cm³/mol. The van der Waals surface area contributed by atoms with E-state index >= 15 is 0 Å². The molecule has 0 N–H and O–H groups in total. The third-order valence-corrected chi connectivity index (χ3v) is 5.98. The van der Waals surface area contributed by atoms with Crippen LogP contribution < -0.4 is 4.90 Å². The Labute approximate surface area is 168 Å². The summed E-state index contributed by atoms with van der Waals surface area (Å²) in [4.78, 5) is 22.3. The minimum atomic E-state index is -2.78. The molecule has 0 saturated carbocycles. The summed E-state index contributed by atoms with van der Waals surface area (Å²) in [6.45, 7) is 4.17. The Balaban J connectivity index is 1.71. The number of hydrogen-bond donors (Lipinski definition) is 0. The second-order valence-corrected chi connectivity index (χ2v) is 7.98. The van der Waals surface area contributed by atoms with E-state index in [0.29, 0.717) is 37.5 Å². The van der Waals surface area contributed by atoms with Crippen LogP contribution in [0.5, 0.6) is 0 Å². The number of aliphatic imine (C=N–C) groups is 1. The lowest BCUT2D eigenvalue weighted by Gasteiger charge is -2.52. The quantitative estimate of drug-likeness (QED) is 0.710. The van der Waals surface area contributed by atoms with Crippen LogP contribution in [-0.2, 0) is 0 Å². The van der Waals surface area contributed by atoms with Crippen LogP contribution in [0.3, 0.4) is 0 Å². The molecule has 2 amide bonds. The summed E-state index contributed by atoms with van der Waals surface area (Å²) < 4.78 is 41.1. The summed E-state index contributed by atoms with van der Waals surface area (Å²) >= 11 is 0. The van der Waals surface area contributed by atoms with Gasteiger partial charge in [-0.15, -0.1) is 5.92 Å². The van der Waals surface area contributed by atoms with Crippen LogP contribution in [0.2, 0.25) is 0 Å². The van der Waals surface area contributed by atoms with E-state index in [1.54, 1.807) is 13.0 Å². The second-order valence-electron chi connectivity index (χ2n) is 7.98. The minimum Gasteiger partial charge on any atom is -0.346 e. The molecule has 3 heterocycles. The zero-order chi connectivity index (χ0) is 20.8. The first kappa shape index (κ1) is 19.8. The number of amidine groups is 1. The Morgan fingerprint density at radius 3 is 2.69 bits per heavy atom. The van der Waals surface area contributed by atoms with Gasteiger partial charge in [-0.3, -0.25) is 9.80 Å². The lowest BCUT2D eigenvalue weighted by atomic mass is 9.80. The van der Waals surface area contributed by atoms with Gasteiger partial charge in [-0.25, -0.2) is 18.0 Å². The first-order chi connectivity index (χ1) is 13.8. The molecule has 0 aromatic heterocycles. The number of carbonyl (C=O) groups excluding carboxylic acids is 1. The van der Waals surface area contributed by atoms with Crippen molar-refractivity contribution >= 4 is 17.6 Å². The van der Waals surface area contributed by atoms with E-state index in [1.165, 1.54) is 28.0 Å². The topological polar surface area (TPSA) is 39.1 Å². The molecule has 2 fully saturated rings. The van der Waals surface area contributed by atoms with Gasteiger partial charge in [0.05, 0.1) is 19.6 Å². The SMILES string of the molecule is CC#CCN1CC[C@@]2(C[C@H]1C)C(N1CC(F)(F)C1)=NC(=O)N2c1cccc(F)c1. The third kappa shape index (κ3) is 3.38. The van der Waals surface area contributed by atoms with Gasteiger partial charge in [-0.05, 0) is 44.9 Å². The first-order valence-corrected chi connectivity index (χ1v) is 9.71. The van der Waals surface area contributed by atoms with Crippen LogP contribution in [0.25, 0.3) is 0 Å². The fourth-order valence-electron chi connectivity index (χ4n) is 4.62. The Kier molecular flexibility index (Phi) is 4.82. The molecule has 5 nitrogen and oxygen atoms in total. The molecule has 154 valence electrons. The second kappa shape index (κ2) is 7.06. The highest BCUT2D eigenvalue weighted by Gasteiger charge is 2.58. The molecule has 1 spiro atoms. The smallest absolute Gasteiger partial charge is 0.346 e. The zero-order valence-corrected chi connectivity index (χ0v) is 16.5. The summed E-state index contributed by atoms with van der Waals surface area (Å²) in [5.74, 6) is 3.09. The van der Waals surface area contributed by atoms with Crippen molar-refractivity contribution in [1.82, 2.24) is 9.80 Å². The number of hydrogen-bond acceptors (Lipinski definition) is 3. The van der Waals surface area contributed by atoms with Crippen molar-refractivity contribution in [2.45, 2.75) is 44.2 Å². The van der Waals surface area contributed by atoms with Crippen LogP contribution >= 0.6 is 0 Å². The standard InChI is InChI=1S/C21H23F3N4O/c1-3-4-9-26-10-8-20(12-15(26)2)18(27-13-21(23,24)14-27)25-19(29)28(20)17-7-5-6-16(22)11-17/h5-7,11,15H,8-10,12-14H2,1-2H3/t15-,20-/m1/s1. The number of rotatable bonds is 2. The Hall–Kier alpha value is -2.53. The lowest BCUT2D eigenvalue weighted by Crippen LogP contribution is -2.68. The van der Waals surface area contributed by atoms with Gasteiger partial charge in [0.25, 0.3) is 5.92 Å². The Morgan fingerprint density at radius 2 is 2.07 bits per heavy atom. The maximum atomic E-state index is 13.9. The lowest BCUT2D eigenvalue weighted by molar-refractivity contribution is -0.103. The Bertz CT molecular complexity index is 914. The van der Waals surface area contributed by atoms with Gasteiger partial charge < -0.3 is 4.90 Å². The molecule has 0 aliphatic carbocycles. The Morgan fingerprint density at radius 1 is 1.31 bits per heavy atom. The predicted octanol–water partition coefficient (Wildman–Crippen LogP) is 3.36. The van der Waals surface area contributed by atoms with E-state index in [4.69, 9.17) is 0 Å². The zero-order valence-electron chi connectivity index (χ0n) is 16.5. The molecule has 8 heteroatoms. The van der Waals surface area contributed by atoms with Crippen LogP contribution in [0.15, 0.2) is 29.3 Å². The van der Waals surface area contributed by atoms with Gasteiger partial charge >= 0.3 is 6.03 Å². The largest absolute Gasteiger partial charge is 0.350 e. The molecule has 2 atom stereocenters. The van der Waals surface area contributed by atoms with Crippen molar-refractivity contribution in [3.63, 3.8) is 0 Å².